The number of nitrogens with zero attached hydrogens (tertiary/aromatic N) is 1. The molecule has 1 aromatic carbocycles. The fourth-order valence-electron chi connectivity index (χ4n) is 2.45. The summed E-state index contributed by atoms with van der Waals surface area (Å²) >= 11 is 0. The zero-order chi connectivity index (χ0) is 13.4. The van der Waals surface area contributed by atoms with Gasteiger partial charge in [-0.15, -0.1) is 0 Å². The smallest absolute Gasteiger partial charge is 0.141 e. The fraction of sp³-hybridized carbons (Fsp3) is 0.267. The van der Waals surface area contributed by atoms with Gasteiger partial charge < -0.3 is 10.5 Å². The number of rotatable bonds is 2. The van der Waals surface area contributed by atoms with Crippen LogP contribution in [-0.2, 0) is 6.42 Å². The third kappa shape index (κ3) is 2.19. The monoisotopic (exact) mass is 258 g/mol. The molecule has 0 fully saturated rings. The minimum Gasteiger partial charge on any atom is -0.488 e. The molecular weight excluding hydrogens is 243 g/mol. The van der Waals surface area contributed by atoms with Crippen LogP contribution >= 0.6 is 0 Å². The Morgan fingerprint density at radius 1 is 1.42 bits per heavy atom. The molecule has 1 aromatic heterocycles. The van der Waals surface area contributed by atoms with Crippen molar-refractivity contribution >= 4 is 0 Å². The van der Waals surface area contributed by atoms with Crippen LogP contribution in [0, 0.1) is 12.7 Å². The molecule has 2 heterocycles. The second kappa shape index (κ2) is 4.63. The minimum absolute atomic E-state index is 0.0241. The first kappa shape index (κ1) is 12.1. The van der Waals surface area contributed by atoms with Crippen LogP contribution in [0.15, 0.2) is 30.5 Å². The van der Waals surface area contributed by atoms with E-state index in [9.17, 15) is 4.39 Å². The Bertz CT molecular complexity index is 610. The minimum atomic E-state index is -0.339. The highest BCUT2D eigenvalue weighted by Gasteiger charge is 2.25. The van der Waals surface area contributed by atoms with Crippen LogP contribution in [0.5, 0.6) is 5.75 Å². The number of aryl methyl sites for hydroxylation is 1. The van der Waals surface area contributed by atoms with Gasteiger partial charge in [-0.25, -0.2) is 4.39 Å². The number of nitrogens with two attached hydrogens (primary N) is 1. The molecule has 0 bridgehead atoms. The number of aromatic nitrogens is 1. The lowest BCUT2D eigenvalue weighted by atomic mass is 10.0. The zero-order valence-electron chi connectivity index (χ0n) is 10.7. The maximum Gasteiger partial charge on any atom is 0.141 e. The van der Waals surface area contributed by atoms with Crippen molar-refractivity contribution < 1.29 is 9.13 Å². The molecule has 0 aliphatic carbocycles. The van der Waals surface area contributed by atoms with E-state index in [-0.39, 0.29) is 11.9 Å². The van der Waals surface area contributed by atoms with Gasteiger partial charge in [0.05, 0.1) is 11.9 Å². The first-order chi connectivity index (χ1) is 9.17. The molecule has 0 spiro atoms. The molecule has 98 valence electrons. The van der Waals surface area contributed by atoms with Crippen molar-refractivity contribution in [2.45, 2.75) is 19.4 Å². The van der Waals surface area contributed by atoms with E-state index in [1.807, 2.05) is 13.0 Å². The molecule has 0 saturated carbocycles. The highest BCUT2D eigenvalue weighted by Crippen LogP contribution is 2.38. The first-order valence-corrected chi connectivity index (χ1v) is 6.29. The van der Waals surface area contributed by atoms with E-state index < -0.39 is 0 Å². The van der Waals surface area contributed by atoms with Crippen LogP contribution in [0.1, 0.15) is 11.1 Å². The fourth-order valence-corrected chi connectivity index (χ4v) is 2.45. The molecule has 1 aliphatic heterocycles. The van der Waals surface area contributed by atoms with Gasteiger partial charge in [0.15, 0.2) is 0 Å². The molecule has 0 radical (unpaired) electrons. The Kier molecular flexibility index (Phi) is 2.95. The van der Waals surface area contributed by atoms with Crippen molar-refractivity contribution in [2.24, 2.45) is 5.73 Å². The highest BCUT2D eigenvalue weighted by atomic mass is 19.1. The largest absolute Gasteiger partial charge is 0.488 e. The lowest BCUT2D eigenvalue weighted by Gasteiger charge is -2.11. The first-order valence-electron chi connectivity index (χ1n) is 6.29. The number of pyridine rings is 1. The molecule has 2 aromatic rings. The molecule has 4 heteroatoms. The second-order valence-corrected chi connectivity index (χ2v) is 4.84. The Morgan fingerprint density at radius 3 is 2.95 bits per heavy atom. The zero-order valence-corrected chi connectivity index (χ0v) is 10.7. The van der Waals surface area contributed by atoms with E-state index in [0.717, 1.165) is 34.6 Å². The summed E-state index contributed by atoms with van der Waals surface area (Å²) in [5, 5.41) is 0. The SMILES string of the molecule is Cc1cc2c(c(-c3ccc(F)cn3)c1)O[C@H](CN)C2. The van der Waals surface area contributed by atoms with Gasteiger partial charge in [0.2, 0.25) is 0 Å². The number of hydrogen-bond donors (Lipinski definition) is 1. The van der Waals surface area contributed by atoms with Crippen LogP contribution < -0.4 is 10.5 Å². The lowest BCUT2D eigenvalue weighted by molar-refractivity contribution is 0.242. The van der Waals surface area contributed by atoms with E-state index in [1.54, 1.807) is 6.07 Å². The van der Waals surface area contributed by atoms with Crippen molar-refractivity contribution in [1.29, 1.82) is 0 Å². The molecule has 0 amide bonds. The summed E-state index contributed by atoms with van der Waals surface area (Å²) in [6.07, 6.45) is 2.07. The third-order valence-electron chi connectivity index (χ3n) is 3.31. The Hall–Kier alpha value is -1.94. The number of hydrogen-bond acceptors (Lipinski definition) is 3. The maximum absolute atomic E-state index is 13.0. The van der Waals surface area contributed by atoms with Gasteiger partial charge in [0, 0.05) is 18.5 Å². The van der Waals surface area contributed by atoms with Crippen LogP contribution in [0.3, 0.4) is 0 Å². The van der Waals surface area contributed by atoms with Crippen LogP contribution in [0.25, 0.3) is 11.3 Å². The van der Waals surface area contributed by atoms with Gasteiger partial charge in [0.25, 0.3) is 0 Å². The summed E-state index contributed by atoms with van der Waals surface area (Å²) in [6.45, 7) is 2.52. The molecule has 3 rings (SSSR count). The Balaban J connectivity index is 2.10. The summed E-state index contributed by atoms with van der Waals surface area (Å²) in [6, 6.07) is 7.20. The van der Waals surface area contributed by atoms with E-state index in [4.69, 9.17) is 10.5 Å². The van der Waals surface area contributed by atoms with Crippen LogP contribution in [0.2, 0.25) is 0 Å². The van der Waals surface area contributed by atoms with Gasteiger partial charge in [-0.05, 0) is 36.2 Å². The molecule has 2 N–H and O–H groups in total. The number of ether oxygens (including phenoxy) is 1. The standard InChI is InChI=1S/C15H15FN2O/c1-9-4-10-6-12(7-17)19-15(10)13(5-9)14-3-2-11(16)8-18-14/h2-5,8,12H,6-7,17H2,1H3/t12-/m0/s1. The average molecular weight is 258 g/mol. The third-order valence-corrected chi connectivity index (χ3v) is 3.31. The van der Waals surface area contributed by atoms with Crippen molar-refractivity contribution in [3.8, 4) is 17.0 Å². The van der Waals surface area contributed by atoms with Gasteiger partial charge >= 0.3 is 0 Å². The normalized spacial score (nSPS) is 17.1. The van der Waals surface area contributed by atoms with Crippen LogP contribution in [0.4, 0.5) is 4.39 Å². The average Bonchev–Trinajstić information content (AvgIpc) is 2.81. The van der Waals surface area contributed by atoms with Crippen molar-refractivity contribution in [2.75, 3.05) is 6.54 Å². The van der Waals surface area contributed by atoms with Gasteiger partial charge in [-0.2, -0.15) is 0 Å². The van der Waals surface area contributed by atoms with Gasteiger partial charge in [0.1, 0.15) is 17.7 Å². The molecule has 19 heavy (non-hydrogen) atoms. The second-order valence-electron chi connectivity index (χ2n) is 4.84. The Labute approximate surface area is 111 Å². The number of fused-ring (bicyclic) bond motifs is 1. The molecule has 1 aliphatic rings. The summed E-state index contributed by atoms with van der Waals surface area (Å²) in [4.78, 5) is 4.13. The summed E-state index contributed by atoms with van der Waals surface area (Å²) in [5.41, 5.74) is 9.59. The summed E-state index contributed by atoms with van der Waals surface area (Å²) in [7, 11) is 0. The van der Waals surface area contributed by atoms with Gasteiger partial charge in [-0.3, -0.25) is 4.98 Å². The molecule has 1 atom stereocenters. The molecule has 0 unspecified atom stereocenters. The molecule has 3 nitrogen and oxygen atoms in total. The van der Waals surface area contributed by atoms with E-state index in [1.165, 1.54) is 12.3 Å². The summed E-state index contributed by atoms with van der Waals surface area (Å²) < 4.78 is 18.8. The van der Waals surface area contributed by atoms with Crippen LogP contribution in [-0.4, -0.2) is 17.6 Å². The van der Waals surface area contributed by atoms with E-state index in [0.29, 0.717) is 6.54 Å². The Morgan fingerprint density at radius 2 is 2.26 bits per heavy atom. The predicted octanol–water partition coefficient (Wildman–Crippen LogP) is 2.46. The summed E-state index contributed by atoms with van der Waals surface area (Å²) in [5.74, 6) is 0.494. The highest BCUT2D eigenvalue weighted by molar-refractivity contribution is 5.71. The quantitative estimate of drug-likeness (QED) is 0.900. The van der Waals surface area contributed by atoms with E-state index >= 15 is 0 Å². The van der Waals surface area contributed by atoms with Gasteiger partial charge in [-0.1, -0.05) is 6.07 Å². The van der Waals surface area contributed by atoms with Crippen molar-refractivity contribution in [3.05, 3.63) is 47.4 Å². The molecule has 0 saturated heterocycles. The topological polar surface area (TPSA) is 48.1 Å². The maximum atomic E-state index is 13.0. The lowest BCUT2D eigenvalue weighted by Crippen LogP contribution is -2.24. The number of halogens is 1. The van der Waals surface area contributed by atoms with Crippen molar-refractivity contribution in [3.63, 3.8) is 0 Å². The molecular formula is C15H15FN2O. The number of benzene rings is 1. The predicted molar refractivity (Wildman–Crippen MR) is 71.5 cm³/mol. The van der Waals surface area contributed by atoms with E-state index in [2.05, 4.69) is 11.1 Å². The van der Waals surface area contributed by atoms with Crippen molar-refractivity contribution in [1.82, 2.24) is 4.98 Å².